The van der Waals surface area contributed by atoms with Crippen LogP contribution in [-0.2, 0) is 11.3 Å². The van der Waals surface area contributed by atoms with Crippen LogP contribution in [0.3, 0.4) is 0 Å². The molecule has 0 saturated heterocycles. The molecule has 4 nitrogen and oxygen atoms in total. The molecule has 0 bridgehead atoms. The Balaban J connectivity index is 2.22. The lowest BCUT2D eigenvalue weighted by Gasteiger charge is -2.06. The first-order chi connectivity index (χ1) is 9.11. The van der Waals surface area contributed by atoms with Crippen molar-refractivity contribution in [2.45, 2.75) is 33.7 Å². The average Bonchev–Trinajstić information content (AvgIpc) is 2.75. The lowest BCUT2D eigenvalue weighted by molar-refractivity contribution is -0.120. The molecule has 0 aliphatic rings. The highest BCUT2D eigenvalue weighted by atomic mass is 16.5. The first-order valence-corrected chi connectivity index (χ1v) is 6.40. The highest BCUT2D eigenvalue weighted by Crippen LogP contribution is 2.27. The fourth-order valence-electron chi connectivity index (χ4n) is 2.06. The summed E-state index contributed by atoms with van der Waals surface area (Å²) in [6.07, 6.45) is 0.504. The van der Waals surface area contributed by atoms with E-state index < -0.39 is 0 Å². The van der Waals surface area contributed by atoms with Gasteiger partial charge in [-0.3, -0.25) is 4.79 Å². The normalized spacial score (nSPS) is 10.5. The number of rotatable bonds is 4. The first kappa shape index (κ1) is 13.3. The molecule has 2 rings (SSSR count). The quantitative estimate of drug-likeness (QED) is 0.917. The Morgan fingerprint density at radius 3 is 2.79 bits per heavy atom. The van der Waals surface area contributed by atoms with Gasteiger partial charge in [0.25, 0.3) is 0 Å². The van der Waals surface area contributed by atoms with Gasteiger partial charge in [-0.15, -0.1) is 0 Å². The highest BCUT2D eigenvalue weighted by Gasteiger charge is 2.11. The van der Waals surface area contributed by atoms with Crippen molar-refractivity contribution >= 4 is 5.91 Å². The van der Waals surface area contributed by atoms with Gasteiger partial charge in [0.05, 0.1) is 5.69 Å². The van der Waals surface area contributed by atoms with Crippen molar-refractivity contribution in [1.29, 1.82) is 0 Å². The van der Waals surface area contributed by atoms with Crippen molar-refractivity contribution in [3.05, 3.63) is 41.3 Å². The number of nitrogens with one attached hydrogen (secondary N) is 1. The fraction of sp³-hybridized carbons (Fsp3) is 0.333. The Morgan fingerprint density at radius 2 is 2.16 bits per heavy atom. The number of nitrogens with zero attached hydrogens (tertiary/aromatic N) is 1. The van der Waals surface area contributed by atoms with Crippen molar-refractivity contribution in [2.24, 2.45) is 0 Å². The van der Waals surface area contributed by atoms with Crippen LogP contribution < -0.4 is 5.32 Å². The van der Waals surface area contributed by atoms with E-state index in [2.05, 4.69) is 16.5 Å². The number of carbonyl (C=O) groups excluding carboxylic acids is 1. The second-order valence-electron chi connectivity index (χ2n) is 4.53. The summed E-state index contributed by atoms with van der Waals surface area (Å²) in [4.78, 5) is 11.3. The molecule has 1 amide bonds. The van der Waals surface area contributed by atoms with E-state index in [9.17, 15) is 4.79 Å². The van der Waals surface area contributed by atoms with E-state index in [0.29, 0.717) is 13.0 Å². The van der Waals surface area contributed by atoms with Gasteiger partial charge in [-0.2, -0.15) is 0 Å². The summed E-state index contributed by atoms with van der Waals surface area (Å²) in [7, 11) is 0. The summed E-state index contributed by atoms with van der Waals surface area (Å²) in [5.41, 5.74) is 4.05. The van der Waals surface area contributed by atoms with E-state index in [1.807, 2.05) is 39.0 Å². The summed E-state index contributed by atoms with van der Waals surface area (Å²) < 4.78 is 5.19. The molecule has 2 aromatic rings. The van der Waals surface area contributed by atoms with Crippen LogP contribution in [-0.4, -0.2) is 11.1 Å². The third kappa shape index (κ3) is 3.02. The molecule has 0 aliphatic heterocycles. The molecule has 0 aliphatic carbocycles. The third-order valence-electron chi connectivity index (χ3n) is 3.06. The topological polar surface area (TPSA) is 55.1 Å². The van der Waals surface area contributed by atoms with E-state index in [0.717, 1.165) is 28.1 Å². The molecule has 0 fully saturated rings. The maximum Gasteiger partial charge on any atom is 0.219 e. The van der Waals surface area contributed by atoms with Crippen LogP contribution in [0.15, 0.2) is 28.8 Å². The summed E-state index contributed by atoms with van der Waals surface area (Å²) in [6.45, 7) is 6.22. The molecule has 1 aromatic heterocycles. The molecule has 100 valence electrons. The predicted molar refractivity (Wildman–Crippen MR) is 73.6 cm³/mol. The van der Waals surface area contributed by atoms with E-state index in [1.54, 1.807) is 0 Å². The van der Waals surface area contributed by atoms with Gasteiger partial charge in [0.1, 0.15) is 5.76 Å². The molecule has 0 atom stereocenters. The van der Waals surface area contributed by atoms with Crippen molar-refractivity contribution < 1.29 is 9.32 Å². The van der Waals surface area contributed by atoms with Crippen LogP contribution in [0.5, 0.6) is 0 Å². The van der Waals surface area contributed by atoms with Gasteiger partial charge in [0.15, 0.2) is 0 Å². The van der Waals surface area contributed by atoms with Crippen LogP contribution in [0.25, 0.3) is 11.1 Å². The second kappa shape index (κ2) is 5.69. The van der Waals surface area contributed by atoms with Crippen LogP contribution in [0, 0.1) is 13.8 Å². The van der Waals surface area contributed by atoms with Crippen LogP contribution in [0.4, 0.5) is 0 Å². The Hall–Kier alpha value is -2.10. The summed E-state index contributed by atoms with van der Waals surface area (Å²) in [5.74, 6) is 0.870. The summed E-state index contributed by atoms with van der Waals surface area (Å²) >= 11 is 0. The molecule has 0 radical (unpaired) electrons. The van der Waals surface area contributed by atoms with Crippen molar-refractivity contribution in [2.75, 3.05) is 0 Å². The van der Waals surface area contributed by atoms with Gasteiger partial charge >= 0.3 is 0 Å². The molecular weight excluding hydrogens is 240 g/mol. The van der Waals surface area contributed by atoms with Crippen LogP contribution >= 0.6 is 0 Å². The molecule has 19 heavy (non-hydrogen) atoms. The number of hydrogen-bond donors (Lipinski definition) is 1. The summed E-state index contributed by atoms with van der Waals surface area (Å²) in [6, 6.07) is 8.06. The first-order valence-electron chi connectivity index (χ1n) is 6.40. The van der Waals surface area contributed by atoms with Gasteiger partial charge in [-0.1, -0.05) is 30.3 Å². The molecule has 4 heteroatoms. The van der Waals surface area contributed by atoms with Crippen LogP contribution in [0.1, 0.15) is 30.4 Å². The number of aromatic nitrogens is 1. The molecule has 0 spiro atoms. The number of benzene rings is 1. The Morgan fingerprint density at radius 1 is 1.37 bits per heavy atom. The largest absolute Gasteiger partial charge is 0.361 e. The van der Waals surface area contributed by atoms with Gasteiger partial charge in [0, 0.05) is 18.5 Å². The molecule has 0 unspecified atom stereocenters. The highest BCUT2D eigenvalue weighted by molar-refractivity contribution is 5.75. The SMILES string of the molecule is CCC(=O)NCc1cccc(-c2c(C)noc2C)c1. The van der Waals surface area contributed by atoms with E-state index in [-0.39, 0.29) is 5.91 Å². The second-order valence-corrected chi connectivity index (χ2v) is 4.53. The standard InChI is InChI=1S/C15H18N2O2/c1-4-14(18)16-9-12-6-5-7-13(8-12)15-10(2)17-19-11(15)3/h5-8H,4,9H2,1-3H3,(H,16,18). The average molecular weight is 258 g/mol. The van der Waals surface area contributed by atoms with E-state index >= 15 is 0 Å². The van der Waals surface area contributed by atoms with Gasteiger partial charge in [-0.05, 0) is 31.0 Å². The Kier molecular flexibility index (Phi) is 4.00. The monoisotopic (exact) mass is 258 g/mol. The Bertz CT molecular complexity index is 568. The molecular formula is C15H18N2O2. The number of amides is 1. The molecule has 1 N–H and O–H groups in total. The molecule has 0 saturated carbocycles. The van der Waals surface area contributed by atoms with Crippen molar-refractivity contribution in [3.8, 4) is 11.1 Å². The zero-order valence-electron chi connectivity index (χ0n) is 11.5. The van der Waals surface area contributed by atoms with E-state index in [4.69, 9.17) is 4.52 Å². The molecule has 1 heterocycles. The number of hydrogen-bond acceptors (Lipinski definition) is 3. The van der Waals surface area contributed by atoms with Crippen LogP contribution in [0.2, 0.25) is 0 Å². The van der Waals surface area contributed by atoms with Crippen molar-refractivity contribution in [3.63, 3.8) is 0 Å². The molecule has 1 aromatic carbocycles. The minimum Gasteiger partial charge on any atom is -0.361 e. The van der Waals surface area contributed by atoms with Gasteiger partial charge in [0.2, 0.25) is 5.91 Å². The van der Waals surface area contributed by atoms with Crippen molar-refractivity contribution in [1.82, 2.24) is 10.5 Å². The maximum atomic E-state index is 11.3. The fourth-order valence-corrected chi connectivity index (χ4v) is 2.06. The van der Waals surface area contributed by atoms with E-state index in [1.165, 1.54) is 0 Å². The lowest BCUT2D eigenvalue weighted by Crippen LogP contribution is -2.21. The minimum atomic E-state index is 0.0581. The zero-order valence-corrected chi connectivity index (χ0v) is 11.5. The smallest absolute Gasteiger partial charge is 0.219 e. The van der Waals surface area contributed by atoms with Gasteiger partial charge < -0.3 is 9.84 Å². The van der Waals surface area contributed by atoms with Gasteiger partial charge in [-0.25, -0.2) is 0 Å². The lowest BCUT2D eigenvalue weighted by atomic mass is 10.0. The maximum absolute atomic E-state index is 11.3. The predicted octanol–water partition coefficient (Wildman–Crippen LogP) is 2.98. The Labute approximate surface area is 112 Å². The zero-order chi connectivity index (χ0) is 13.8. The summed E-state index contributed by atoms with van der Waals surface area (Å²) in [5, 5.41) is 6.84. The minimum absolute atomic E-state index is 0.0581. The number of aryl methyl sites for hydroxylation is 2. The third-order valence-corrected chi connectivity index (χ3v) is 3.06. The number of carbonyl (C=O) groups is 1.